The molecular weight excluding hydrogens is 524 g/mol. The average Bonchev–Trinajstić information content (AvgIpc) is 2.90. The number of nitrogens with one attached hydrogen (secondary N) is 3. The highest BCUT2D eigenvalue weighted by Crippen LogP contribution is 2.22. The lowest BCUT2D eigenvalue weighted by atomic mass is 9.95. The number of ether oxygens (including phenoxy) is 1. The van der Waals surface area contributed by atoms with Crippen molar-refractivity contribution in [2.75, 3.05) is 14.1 Å². The Bertz CT molecular complexity index is 1190. The molecule has 2 aromatic rings. The number of carbonyl (C=O) groups excluding carboxylic acids is 3. The van der Waals surface area contributed by atoms with Gasteiger partial charge in [-0.25, -0.2) is 4.79 Å². The second-order valence-electron chi connectivity index (χ2n) is 11.5. The Morgan fingerprint density at radius 2 is 1.61 bits per heavy atom. The fourth-order valence-electron chi connectivity index (χ4n) is 5.15. The number of benzene rings is 2. The first-order chi connectivity index (χ1) is 19.4. The van der Waals surface area contributed by atoms with E-state index in [0.29, 0.717) is 11.3 Å². The molecule has 2 aliphatic rings. The van der Waals surface area contributed by atoms with Crippen molar-refractivity contribution in [3.05, 3.63) is 65.7 Å². The van der Waals surface area contributed by atoms with E-state index in [1.807, 2.05) is 58.0 Å². The lowest BCUT2D eigenvalue weighted by molar-refractivity contribution is -0.142. The van der Waals surface area contributed by atoms with Gasteiger partial charge in [0.25, 0.3) is 0 Å². The maximum atomic E-state index is 14.0. The first kappa shape index (κ1) is 31.6. The quantitative estimate of drug-likeness (QED) is 0.384. The standard InChI is InChI=1S/C31H42N4O6/c1-18(2)26(35(5)6)30(38)34-25-27(19(3)4)41-22-14-12-21(13-15-22)17-24(31(39)40)33-28(36)23(32-29(25)37)16-20-10-8-7-9-11-20/h7-15,18-19,23-27H,16-17H2,1-6H3,(H,32,37)(H,33,36)(H,34,38)(H,39,40)/t23-,24-,25-,26-,27-/m0/s1. The molecular formula is C31H42N4O6. The molecule has 0 unspecified atom stereocenters. The third kappa shape index (κ3) is 8.53. The number of likely N-dealkylation sites (N-methyl/N-ethyl adjacent to an activating group) is 1. The topological polar surface area (TPSA) is 137 Å². The number of rotatable bonds is 8. The molecule has 41 heavy (non-hydrogen) atoms. The van der Waals surface area contributed by atoms with Crippen molar-refractivity contribution in [3.63, 3.8) is 0 Å². The lowest BCUT2D eigenvalue weighted by Gasteiger charge is -2.34. The maximum Gasteiger partial charge on any atom is 0.326 e. The van der Waals surface area contributed by atoms with Gasteiger partial charge in [-0.1, -0.05) is 70.2 Å². The van der Waals surface area contributed by atoms with E-state index in [4.69, 9.17) is 4.74 Å². The van der Waals surface area contributed by atoms with Gasteiger partial charge in [0.2, 0.25) is 17.7 Å². The summed E-state index contributed by atoms with van der Waals surface area (Å²) in [5.74, 6) is -2.54. The molecule has 0 fully saturated rings. The van der Waals surface area contributed by atoms with Crippen LogP contribution in [-0.4, -0.2) is 78.1 Å². The fraction of sp³-hybridized carbons (Fsp3) is 0.484. The molecule has 2 aromatic carbocycles. The number of carbonyl (C=O) groups is 4. The summed E-state index contributed by atoms with van der Waals surface area (Å²) in [6, 6.07) is 12.0. The number of amides is 3. The van der Waals surface area contributed by atoms with E-state index < -0.39 is 48.1 Å². The Labute approximate surface area is 241 Å². The van der Waals surface area contributed by atoms with Crippen molar-refractivity contribution in [2.24, 2.45) is 11.8 Å². The summed E-state index contributed by atoms with van der Waals surface area (Å²) >= 11 is 0. The molecule has 0 spiro atoms. The highest BCUT2D eigenvalue weighted by Gasteiger charge is 2.39. The van der Waals surface area contributed by atoms with E-state index in [2.05, 4.69) is 16.0 Å². The van der Waals surface area contributed by atoms with Crippen LogP contribution in [0.3, 0.4) is 0 Å². The molecule has 4 N–H and O–H groups in total. The van der Waals surface area contributed by atoms with Crippen molar-refractivity contribution in [3.8, 4) is 5.75 Å². The zero-order valence-electron chi connectivity index (χ0n) is 24.6. The van der Waals surface area contributed by atoms with Crippen LogP contribution >= 0.6 is 0 Å². The maximum absolute atomic E-state index is 14.0. The number of fused-ring (bicyclic) bond motifs is 11. The van der Waals surface area contributed by atoms with Gasteiger partial charge in [0.15, 0.2) is 0 Å². The van der Waals surface area contributed by atoms with Crippen LogP contribution in [0.4, 0.5) is 0 Å². The van der Waals surface area contributed by atoms with Gasteiger partial charge in [0.05, 0.1) is 6.04 Å². The molecule has 4 rings (SSSR count). The van der Waals surface area contributed by atoms with Crippen LogP contribution in [0.25, 0.3) is 0 Å². The Morgan fingerprint density at radius 3 is 2.15 bits per heavy atom. The third-order valence-electron chi connectivity index (χ3n) is 7.19. The average molecular weight is 567 g/mol. The minimum Gasteiger partial charge on any atom is -0.487 e. The molecule has 0 saturated carbocycles. The van der Waals surface area contributed by atoms with Crippen molar-refractivity contribution in [2.45, 2.75) is 70.8 Å². The fourth-order valence-corrected chi connectivity index (χ4v) is 5.15. The van der Waals surface area contributed by atoms with Crippen molar-refractivity contribution in [1.29, 1.82) is 0 Å². The summed E-state index contributed by atoms with van der Waals surface area (Å²) < 4.78 is 6.31. The van der Waals surface area contributed by atoms with E-state index in [-0.39, 0.29) is 30.6 Å². The SMILES string of the molecule is CC(C)[C@@H](C(=O)N[C@@H]1C(=O)N[C@@H](Cc2ccccc2)C(=O)N[C@H](C(=O)O)Cc2ccc(cc2)O[C@H]1C(C)C)N(C)C. The summed E-state index contributed by atoms with van der Waals surface area (Å²) in [5.41, 5.74) is 1.47. The van der Waals surface area contributed by atoms with Gasteiger partial charge in [0, 0.05) is 12.8 Å². The van der Waals surface area contributed by atoms with Gasteiger partial charge >= 0.3 is 5.97 Å². The van der Waals surface area contributed by atoms with Crippen LogP contribution in [0, 0.1) is 11.8 Å². The Morgan fingerprint density at radius 1 is 0.976 bits per heavy atom. The molecule has 2 bridgehead atoms. The smallest absolute Gasteiger partial charge is 0.326 e. The number of carboxylic acids is 1. The van der Waals surface area contributed by atoms with E-state index in [1.54, 1.807) is 43.3 Å². The summed E-state index contributed by atoms with van der Waals surface area (Å²) in [6.07, 6.45) is -0.589. The zero-order valence-corrected chi connectivity index (χ0v) is 24.6. The van der Waals surface area contributed by atoms with Crippen LogP contribution in [0.2, 0.25) is 0 Å². The molecule has 0 radical (unpaired) electrons. The molecule has 0 saturated heterocycles. The molecule has 222 valence electrons. The number of aliphatic carboxylic acids is 1. The lowest BCUT2D eigenvalue weighted by Crippen LogP contribution is -2.63. The van der Waals surface area contributed by atoms with Crippen molar-refractivity contribution < 1.29 is 29.0 Å². The van der Waals surface area contributed by atoms with Gasteiger partial charge in [-0.2, -0.15) is 0 Å². The monoisotopic (exact) mass is 566 g/mol. The van der Waals surface area contributed by atoms with Gasteiger partial charge in [-0.05, 0) is 49.2 Å². The molecule has 0 aliphatic carbocycles. The zero-order chi connectivity index (χ0) is 30.3. The van der Waals surface area contributed by atoms with Gasteiger partial charge in [-0.15, -0.1) is 0 Å². The van der Waals surface area contributed by atoms with Gasteiger partial charge < -0.3 is 25.8 Å². The molecule has 10 nitrogen and oxygen atoms in total. The van der Waals surface area contributed by atoms with Crippen LogP contribution in [-0.2, 0) is 32.0 Å². The summed E-state index contributed by atoms with van der Waals surface area (Å²) in [6.45, 7) is 7.64. The van der Waals surface area contributed by atoms with Crippen molar-refractivity contribution >= 4 is 23.7 Å². The third-order valence-corrected chi connectivity index (χ3v) is 7.19. The van der Waals surface area contributed by atoms with Gasteiger partial charge in [-0.3, -0.25) is 19.3 Å². The van der Waals surface area contributed by atoms with E-state index in [9.17, 15) is 24.3 Å². The predicted molar refractivity (Wildman–Crippen MR) is 155 cm³/mol. The van der Waals surface area contributed by atoms with Crippen LogP contribution in [0.5, 0.6) is 5.75 Å². The predicted octanol–water partition coefficient (Wildman–Crippen LogP) is 2.01. The van der Waals surface area contributed by atoms with E-state index in [1.165, 1.54) is 0 Å². The first-order valence-electron chi connectivity index (χ1n) is 14.0. The Balaban J connectivity index is 2.08. The minimum absolute atomic E-state index is 0.0397. The first-order valence-corrected chi connectivity index (χ1v) is 14.0. The highest BCUT2D eigenvalue weighted by molar-refractivity contribution is 5.94. The number of carboxylic acid groups (broad SMARTS) is 1. The molecule has 10 heteroatoms. The Kier molecular flexibility index (Phi) is 10.9. The summed E-state index contributed by atoms with van der Waals surface area (Å²) in [7, 11) is 3.60. The van der Waals surface area contributed by atoms with E-state index >= 15 is 0 Å². The minimum atomic E-state index is -1.21. The number of hydrogen-bond acceptors (Lipinski definition) is 6. The molecule has 3 amide bonds. The normalized spacial score (nSPS) is 22.5. The van der Waals surface area contributed by atoms with Gasteiger partial charge in [0.1, 0.15) is 30.0 Å². The van der Waals surface area contributed by atoms with Crippen molar-refractivity contribution in [1.82, 2.24) is 20.9 Å². The summed E-state index contributed by atoms with van der Waals surface area (Å²) in [4.78, 5) is 54.9. The number of nitrogens with zero attached hydrogens (tertiary/aromatic N) is 1. The molecule has 2 aliphatic heterocycles. The van der Waals surface area contributed by atoms with Crippen LogP contribution in [0.15, 0.2) is 54.6 Å². The Hall–Kier alpha value is -3.92. The van der Waals surface area contributed by atoms with E-state index in [0.717, 1.165) is 5.56 Å². The molecule has 2 heterocycles. The van der Waals surface area contributed by atoms with Crippen LogP contribution in [0.1, 0.15) is 38.8 Å². The number of hydrogen-bond donors (Lipinski definition) is 4. The van der Waals surface area contributed by atoms with Crippen LogP contribution < -0.4 is 20.7 Å². The second-order valence-corrected chi connectivity index (χ2v) is 11.5. The highest BCUT2D eigenvalue weighted by atomic mass is 16.5. The second kappa shape index (κ2) is 14.1. The molecule has 5 atom stereocenters. The summed E-state index contributed by atoms with van der Waals surface area (Å²) in [5, 5.41) is 18.2. The largest absolute Gasteiger partial charge is 0.487 e. The molecule has 0 aromatic heterocycles.